The van der Waals surface area contributed by atoms with Gasteiger partial charge in [0.1, 0.15) is 12.4 Å². The Labute approximate surface area is 80.4 Å². The summed E-state index contributed by atoms with van der Waals surface area (Å²) in [5.41, 5.74) is 0. The van der Waals surface area contributed by atoms with E-state index in [1.807, 2.05) is 0 Å². The van der Waals surface area contributed by atoms with E-state index < -0.39 is 6.09 Å². The quantitative estimate of drug-likeness (QED) is 0.575. The highest BCUT2D eigenvalue weighted by atomic mass is 16.6. The second kappa shape index (κ2) is 5.50. The normalized spacial score (nSPS) is 8.57. The average Bonchev–Trinajstić information content (AvgIpc) is 2.20. The number of amides is 1. The van der Waals surface area contributed by atoms with Crippen LogP contribution in [0.5, 0.6) is 5.75 Å². The van der Waals surface area contributed by atoms with Gasteiger partial charge in [-0.15, -0.1) is 0 Å². The summed E-state index contributed by atoms with van der Waals surface area (Å²) in [6.07, 6.45) is 0.634. The molecule has 0 aliphatic rings. The summed E-state index contributed by atoms with van der Waals surface area (Å²) >= 11 is 0. The lowest BCUT2D eigenvalue weighted by Gasteiger charge is -2.02. The summed E-state index contributed by atoms with van der Waals surface area (Å²) < 4.78 is 4.82. The highest BCUT2D eigenvalue weighted by molar-refractivity contribution is 5.70. The van der Waals surface area contributed by atoms with Gasteiger partial charge < -0.3 is 10.1 Å². The minimum Gasteiger partial charge on any atom is -0.410 e. The van der Waals surface area contributed by atoms with E-state index in [4.69, 9.17) is 4.74 Å². The van der Waals surface area contributed by atoms with Crippen LogP contribution in [0.25, 0.3) is 0 Å². The fourth-order valence-corrected chi connectivity index (χ4v) is 0.768. The largest absolute Gasteiger partial charge is 0.414 e. The van der Waals surface area contributed by atoms with Gasteiger partial charge in [0.15, 0.2) is 0 Å². The van der Waals surface area contributed by atoms with Crippen LogP contribution in [0, 0.1) is 0 Å². The molecule has 0 saturated heterocycles. The molecule has 1 aromatic carbocycles. The van der Waals surface area contributed by atoms with Gasteiger partial charge in [-0.2, -0.15) is 4.99 Å². The van der Waals surface area contributed by atoms with Crippen LogP contribution in [0.3, 0.4) is 0 Å². The molecule has 1 amide bonds. The van der Waals surface area contributed by atoms with Gasteiger partial charge in [-0.05, 0) is 12.1 Å². The molecule has 5 heteroatoms. The molecule has 0 saturated carbocycles. The average molecular weight is 192 g/mol. The first-order chi connectivity index (χ1) is 6.83. The lowest BCUT2D eigenvalue weighted by molar-refractivity contribution is 0.201. The SMILES string of the molecule is O=C=NCNC(=O)Oc1ccccc1. The van der Waals surface area contributed by atoms with Crippen LogP contribution in [0.4, 0.5) is 4.79 Å². The molecule has 0 bridgehead atoms. The monoisotopic (exact) mass is 192 g/mol. The van der Waals surface area contributed by atoms with Crippen molar-refractivity contribution < 1.29 is 14.3 Å². The standard InChI is InChI=1S/C9H8N2O3/c12-7-10-6-11-9(13)14-8-4-2-1-3-5-8/h1-5H,6H2,(H,11,13). The van der Waals surface area contributed by atoms with Crippen molar-refractivity contribution in [1.29, 1.82) is 0 Å². The number of benzene rings is 1. The number of hydrogen-bond donors (Lipinski definition) is 1. The predicted octanol–water partition coefficient (Wildman–Crippen LogP) is 1.07. The van der Waals surface area contributed by atoms with E-state index in [1.165, 1.54) is 6.08 Å². The molecule has 0 heterocycles. The molecule has 5 nitrogen and oxygen atoms in total. The summed E-state index contributed by atoms with van der Waals surface area (Å²) in [7, 11) is 0. The van der Waals surface area contributed by atoms with E-state index in [9.17, 15) is 9.59 Å². The van der Waals surface area contributed by atoms with Gasteiger partial charge in [0, 0.05) is 0 Å². The van der Waals surface area contributed by atoms with Crippen LogP contribution in [0.15, 0.2) is 35.3 Å². The Bertz CT molecular complexity index is 344. The second-order valence-electron chi connectivity index (χ2n) is 2.29. The number of aliphatic imine (C=N–C) groups is 1. The van der Waals surface area contributed by atoms with Crippen LogP contribution in [0.2, 0.25) is 0 Å². The minimum atomic E-state index is -0.657. The highest BCUT2D eigenvalue weighted by Crippen LogP contribution is 2.07. The third-order valence-corrected chi connectivity index (χ3v) is 1.32. The van der Waals surface area contributed by atoms with E-state index in [2.05, 4.69) is 10.3 Å². The molecule has 14 heavy (non-hydrogen) atoms. The molecule has 0 aliphatic carbocycles. The number of carbonyl (C=O) groups is 1. The number of ether oxygens (including phenoxy) is 1. The maximum atomic E-state index is 11.0. The molecule has 0 aromatic heterocycles. The molecule has 1 N–H and O–H groups in total. The van der Waals surface area contributed by atoms with Crippen LogP contribution in [-0.2, 0) is 4.79 Å². The molecule has 1 aromatic rings. The Hall–Kier alpha value is -2.13. The number of para-hydroxylation sites is 1. The molecular weight excluding hydrogens is 184 g/mol. The second-order valence-corrected chi connectivity index (χ2v) is 2.29. The first kappa shape index (κ1) is 9.95. The maximum absolute atomic E-state index is 11.0. The lowest BCUT2D eigenvalue weighted by atomic mass is 10.3. The van der Waals surface area contributed by atoms with Crippen LogP contribution in [0.1, 0.15) is 0 Å². The van der Waals surface area contributed by atoms with Gasteiger partial charge in [0.05, 0.1) is 0 Å². The first-order valence-corrected chi connectivity index (χ1v) is 3.87. The number of isocyanates is 1. The molecule has 0 fully saturated rings. The van der Waals surface area contributed by atoms with Crippen molar-refractivity contribution in [2.75, 3.05) is 6.67 Å². The number of nitrogens with one attached hydrogen (secondary N) is 1. The molecule has 72 valence electrons. The lowest BCUT2D eigenvalue weighted by Crippen LogP contribution is -2.26. The number of nitrogens with zero attached hydrogens (tertiary/aromatic N) is 1. The molecule has 0 unspecified atom stereocenters. The summed E-state index contributed by atoms with van der Waals surface area (Å²) in [5, 5.41) is 2.24. The van der Waals surface area contributed by atoms with E-state index in [1.54, 1.807) is 30.3 Å². The Kier molecular flexibility index (Phi) is 3.91. The summed E-state index contributed by atoms with van der Waals surface area (Å²) in [6, 6.07) is 8.57. The van der Waals surface area contributed by atoms with E-state index in [0.29, 0.717) is 5.75 Å². The van der Waals surface area contributed by atoms with Crippen LogP contribution < -0.4 is 10.1 Å². The van der Waals surface area contributed by atoms with E-state index in [-0.39, 0.29) is 6.67 Å². The molecular formula is C9H8N2O3. The Morgan fingerprint density at radius 2 is 2.14 bits per heavy atom. The van der Waals surface area contributed by atoms with Crippen molar-refractivity contribution in [3.05, 3.63) is 30.3 Å². The number of carbonyl (C=O) groups excluding carboxylic acids is 2. The number of hydrogen-bond acceptors (Lipinski definition) is 4. The highest BCUT2D eigenvalue weighted by Gasteiger charge is 2.00. The third-order valence-electron chi connectivity index (χ3n) is 1.32. The zero-order valence-electron chi connectivity index (χ0n) is 7.27. The summed E-state index contributed by atoms with van der Waals surface area (Å²) in [4.78, 5) is 23.8. The Morgan fingerprint density at radius 3 is 2.79 bits per heavy atom. The van der Waals surface area contributed by atoms with Gasteiger partial charge in [0.2, 0.25) is 6.08 Å². The topological polar surface area (TPSA) is 67.8 Å². The van der Waals surface area contributed by atoms with Gasteiger partial charge in [-0.25, -0.2) is 9.59 Å². The molecule has 1 rings (SSSR count). The Balaban J connectivity index is 2.38. The molecule has 0 spiro atoms. The van der Waals surface area contributed by atoms with Crippen molar-refractivity contribution in [3.8, 4) is 5.75 Å². The number of rotatable bonds is 3. The van der Waals surface area contributed by atoms with Crippen molar-refractivity contribution in [2.45, 2.75) is 0 Å². The molecule has 0 aliphatic heterocycles. The van der Waals surface area contributed by atoms with Crippen molar-refractivity contribution in [2.24, 2.45) is 4.99 Å². The zero-order valence-corrected chi connectivity index (χ0v) is 7.27. The van der Waals surface area contributed by atoms with E-state index >= 15 is 0 Å². The predicted molar refractivity (Wildman–Crippen MR) is 48.6 cm³/mol. The first-order valence-electron chi connectivity index (χ1n) is 3.87. The zero-order chi connectivity index (χ0) is 10.2. The Morgan fingerprint density at radius 1 is 1.43 bits per heavy atom. The smallest absolute Gasteiger partial charge is 0.410 e. The fourth-order valence-electron chi connectivity index (χ4n) is 0.768. The van der Waals surface area contributed by atoms with Crippen LogP contribution >= 0.6 is 0 Å². The van der Waals surface area contributed by atoms with Crippen molar-refractivity contribution in [3.63, 3.8) is 0 Å². The molecule has 0 atom stereocenters. The minimum absolute atomic E-state index is 0.130. The van der Waals surface area contributed by atoms with Gasteiger partial charge in [-0.1, -0.05) is 18.2 Å². The van der Waals surface area contributed by atoms with Crippen LogP contribution in [-0.4, -0.2) is 18.8 Å². The van der Waals surface area contributed by atoms with Gasteiger partial charge in [-0.3, -0.25) is 0 Å². The van der Waals surface area contributed by atoms with Gasteiger partial charge in [0.25, 0.3) is 0 Å². The van der Waals surface area contributed by atoms with E-state index in [0.717, 1.165) is 0 Å². The maximum Gasteiger partial charge on any atom is 0.414 e. The summed E-state index contributed by atoms with van der Waals surface area (Å²) in [6.45, 7) is -0.130. The van der Waals surface area contributed by atoms with Crippen molar-refractivity contribution in [1.82, 2.24) is 5.32 Å². The summed E-state index contributed by atoms with van der Waals surface area (Å²) in [5.74, 6) is 0.431. The fraction of sp³-hybridized carbons (Fsp3) is 0.111. The van der Waals surface area contributed by atoms with Crippen molar-refractivity contribution >= 4 is 12.2 Å². The van der Waals surface area contributed by atoms with Gasteiger partial charge >= 0.3 is 6.09 Å². The third kappa shape index (κ3) is 3.51. The molecule has 0 radical (unpaired) electrons.